The Bertz CT molecular complexity index is 395. The van der Waals surface area contributed by atoms with Gasteiger partial charge in [-0.25, -0.2) is 0 Å². The maximum absolute atomic E-state index is 10.8. The van der Waals surface area contributed by atoms with Gasteiger partial charge < -0.3 is 4.79 Å². The molecule has 1 aromatic carbocycles. The van der Waals surface area contributed by atoms with Crippen molar-refractivity contribution < 1.29 is 4.79 Å². The van der Waals surface area contributed by atoms with Crippen molar-refractivity contribution in [3.8, 4) is 0 Å². The van der Waals surface area contributed by atoms with E-state index in [9.17, 15) is 4.79 Å². The van der Waals surface area contributed by atoms with Crippen molar-refractivity contribution in [2.24, 2.45) is 4.99 Å². The Morgan fingerprint density at radius 2 is 2.20 bits per heavy atom. The highest BCUT2D eigenvalue weighted by Crippen LogP contribution is 2.34. The number of Topliss-reactive ketones (excluding diaryl/α,β-unsaturated/α-hetero) is 1. The molecule has 78 valence electrons. The van der Waals surface area contributed by atoms with Crippen molar-refractivity contribution in [3.63, 3.8) is 0 Å². The Morgan fingerprint density at radius 3 is 3.00 bits per heavy atom. The van der Waals surface area contributed by atoms with E-state index in [0.29, 0.717) is 12.3 Å². The molecule has 1 atom stereocenters. The number of carbonyl (C=O) groups is 1. The van der Waals surface area contributed by atoms with Gasteiger partial charge in [-0.15, -0.1) is 0 Å². The van der Waals surface area contributed by atoms with E-state index in [4.69, 9.17) is 0 Å². The van der Waals surface area contributed by atoms with Crippen LogP contribution in [-0.2, 0) is 4.79 Å². The summed E-state index contributed by atoms with van der Waals surface area (Å²) in [4.78, 5) is 15.2. The highest BCUT2D eigenvalue weighted by Gasteiger charge is 2.17. The fourth-order valence-electron chi connectivity index (χ4n) is 1.97. The summed E-state index contributed by atoms with van der Waals surface area (Å²) in [6.45, 7) is 1.65. The summed E-state index contributed by atoms with van der Waals surface area (Å²) in [6.07, 6.45) is 4.68. The number of para-hydroxylation sites is 1. The zero-order valence-corrected chi connectivity index (χ0v) is 8.94. The van der Waals surface area contributed by atoms with Gasteiger partial charge in [-0.2, -0.15) is 0 Å². The molecule has 0 fully saturated rings. The Morgan fingerprint density at radius 1 is 1.40 bits per heavy atom. The van der Waals surface area contributed by atoms with Gasteiger partial charge in [-0.1, -0.05) is 18.2 Å². The SMILES string of the molecule is CC(=O)CCCC1C=Nc2ccccc21. The molecule has 2 heteroatoms. The third-order valence-corrected chi connectivity index (χ3v) is 2.77. The molecule has 0 aromatic heterocycles. The smallest absolute Gasteiger partial charge is 0.129 e. The first kappa shape index (κ1) is 10.1. The summed E-state index contributed by atoms with van der Waals surface area (Å²) in [5, 5.41) is 0. The highest BCUT2D eigenvalue weighted by molar-refractivity contribution is 5.80. The minimum atomic E-state index is 0.276. The van der Waals surface area contributed by atoms with Crippen LogP contribution in [0, 0.1) is 0 Å². The maximum atomic E-state index is 10.8. The Hall–Kier alpha value is -1.44. The zero-order chi connectivity index (χ0) is 10.7. The summed E-state index contributed by atoms with van der Waals surface area (Å²) in [5.74, 6) is 0.693. The summed E-state index contributed by atoms with van der Waals surface area (Å²) in [7, 11) is 0. The van der Waals surface area contributed by atoms with Crippen molar-refractivity contribution >= 4 is 17.7 Å². The second kappa shape index (κ2) is 4.39. The van der Waals surface area contributed by atoms with E-state index in [1.54, 1.807) is 6.92 Å². The van der Waals surface area contributed by atoms with Gasteiger partial charge in [0, 0.05) is 18.6 Å². The Kier molecular flexibility index (Phi) is 2.95. The van der Waals surface area contributed by atoms with E-state index in [1.165, 1.54) is 5.56 Å². The number of benzene rings is 1. The van der Waals surface area contributed by atoms with Crippen LogP contribution in [0.4, 0.5) is 5.69 Å². The van der Waals surface area contributed by atoms with Gasteiger partial charge in [0.2, 0.25) is 0 Å². The van der Waals surface area contributed by atoms with Crippen molar-refractivity contribution in [2.45, 2.75) is 32.1 Å². The zero-order valence-electron chi connectivity index (χ0n) is 8.94. The second-order valence-corrected chi connectivity index (χ2v) is 4.04. The number of carbonyl (C=O) groups excluding carboxylic acids is 1. The predicted octanol–water partition coefficient (Wildman–Crippen LogP) is 3.25. The largest absolute Gasteiger partial charge is 0.300 e. The summed E-state index contributed by atoms with van der Waals surface area (Å²) < 4.78 is 0. The van der Waals surface area contributed by atoms with Gasteiger partial charge in [0.25, 0.3) is 0 Å². The van der Waals surface area contributed by atoms with Crippen LogP contribution in [0.5, 0.6) is 0 Å². The number of hydrogen-bond donors (Lipinski definition) is 0. The van der Waals surface area contributed by atoms with Crippen LogP contribution in [0.1, 0.15) is 37.7 Å². The monoisotopic (exact) mass is 201 g/mol. The number of rotatable bonds is 4. The average Bonchev–Trinajstić information content (AvgIpc) is 2.62. The van der Waals surface area contributed by atoms with Crippen LogP contribution in [0.15, 0.2) is 29.3 Å². The molecule has 0 saturated heterocycles. The molecule has 0 saturated carbocycles. The summed E-state index contributed by atoms with van der Waals surface area (Å²) in [5.41, 5.74) is 2.39. The molecule has 0 radical (unpaired) electrons. The normalized spacial score (nSPS) is 17.8. The molecule has 0 bridgehead atoms. The van der Waals surface area contributed by atoms with Gasteiger partial charge >= 0.3 is 0 Å². The fourth-order valence-corrected chi connectivity index (χ4v) is 1.97. The van der Waals surface area contributed by atoms with Gasteiger partial charge in [0.05, 0.1) is 5.69 Å². The number of aliphatic imine (C=N–C) groups is 1. The van der Waals surface area contributed by atoms with Gasteiger partial charge in [0.1, 0.15) is 5.78 Å². The molecule has 2 nitrogen and oxygen atoms in total. The number of nitrogens with zero attached hydrogens (tertiary/aromatic N) is 1. The second-order valence-electron chi connectivity index (χ2n) is 4.04. The molecule has 0 amide bonds. The van der Waals surface area contributed by atoms with Crippen molar-refractivity contribution in [1.29, 1.82) is 0 Å². The van der Waals surface area contributed by atoms with E-state index < -0.39 is 0 Å². The van der Waals surface area contributed by atoms with Crippen LogP contribution in [0.3, 0.4) is 0 Å². The summed E-state index contributed by atoms with van der Waals surface area (Å²) >= 11 is 0. The van der Waals surface area contributed by atoms with Gasteiger partial charge in [-0.3, -0.25) is 4.99 Å². The van der Waals surface area contributed by atoms with Gasteiger partial charge in [-0.05, 0) is 31.4 Å². The molecule has 1 heterocycles. The van der Waals surface area contributed by atoms with Crippen molar-refractivity contribution in [2.75, 3.05) is 0 Å². The standard InChI is InChI=1S/C13H15NO/c1-10(15)5-4-6-11-9-14-13-8-3-2-7-12(11)13/h2-3,7-9,11H,4-6H2,1H3. The van der Waals surface area contributed by atoms with Crippen LogP contribution >= 0.6 is 0 Å². The molecule has 1 aromatic rings. The topological polar surface area (TPSA) is 29.4 Å². The minimum absolute atomic E-state index is 0.276. The Balaban J connectivity index is 1.96. The van der Waals surface area contributed by atoms with E-state index >= 15 is 0 Å². The molecule has 0 N–H and O–H groups in total. The molecular formula is C13H15NO. The van der Waals surface area contributed by atoms with E-state index in [0.717, 1.165) is 18.5 Å². The van der Waals surface area contributed by atoms with Crippen LogP contribution in [0.25, 0.3) is 0 Å². The molecule has 0 aliphatic carbocycles. The molecule has 1 aliphatic rings. The quantitative estimate of drug-likeness (QED) is 0.735. The molecule has 2 rings (SSSR count). The van der Waals surface area contributed by atoms with E-state index in [-0.39, 0.29) is 5.78 Å². The first-order valence-corrected chi connectivity index (χ1v) is 5.40. The average molecular weight is 201 g/mol. The molecular weight excluding hydrogens is 186 g/mol. The maximum Gasteiger partial charge on any atom is 0.129 e. The lowest BCUT2D eigenvalue weighted by Gasteiger charge is -2.07. The molecule has 15 heavy (non-hydrogen) atoms. The van der Waals surface area contributed by atoms with Crippen molar-refractivity contribution in [3.05, 3.63) is 29.8 Å². The molecule has 0 spiro atoms. The lowest BCUT2D eigenvalue weighted by Crippen LogP contribution is -1.98. The van der Waals surface area contributed by atoms with Crippen LogP contribution in [-0.4, -0.2) is 12.0 Å². The third-order valence-electron chi connectivity index (χ3n) is 2.77. The summed E-state index contributed by atoms with van der Waals surface area (Å²) in [6, 6.07) is 8.22. The third kappa shape index (κ3) is 2.32. The molecule has 1 unspecified atom stereocenters. The van der Waals surface area contributed by atoms with Crippen LogP contribution < -0.4 is 0 Å². The fraction of sp³-hybridized carbons (Fsp3) is 0.385. The van der Waals surface area contributed by atoms with E-state index in [1.807, 2.05) is 24.4 Å². The van der Waals surface area contributed by atoms with Gasteiger partial charge in [0.15, 0.2) is 0 Å². The Labute approximate surface area is 90.0 Å². The number of hydrogen-bond acceptors (Lipinski definition) is 2. The highest BCUT2D eigenvalue weighted by atomic mass is 16.1. The minimum Gasteiger partial charge on any atom is -0.300 e. The number of ketones is 1. The molecule has 1 aliphatic heterocycles. The van der Waals surface area contributed by atoms with Crippen molar-refractivity contribution in [1.82, 2.24) is 0 Å². The lowest BCUT2D eigenvalue weighted by molar-refractivity contribution is -0.117. The predicted molar refractivity (Wildman–Crippen MR) is 61.9 cm³/mol. The van der Waals surface area contributed by atoms with Crippen LogP contribution in [0.2, 0.25) is 0 Å². The number of fused-ring (bicyclic) bond motifs is 1. The lowest BCUT2D eigenvalue weighted by atomic mass is 9.95. The first-order chi connectivity index (χ1) is 7.27. The van der Waals surface area contributed by atoms with E-state index in [2.05, 4.69) is 11.1 Å². The first-order valence-electron chi connectivity index (χ1n) is 5.40.